The summed E-state index contributed by atoms with van der Waals surface area (Å²) in [4.78, 5) is 20.9. The molecule has 0 saturated carbocycles. The van der Waals surface area contributed by atoms with Gasteiger partial charge in [-0.05, 0) is 11.1 Å². The molecule has 2 N–H and O–H groups in total. The lowest BCUT2D eigenvalue weighted by Crippen LogP contribution is -2.26. The summed E-state index contributed by atoms with van der Waals surface area (Å²) >= 11 is -2.15. The van der Waals surface area contributed by atoms with Crippen molar-refractivity contribution in [3.05, 3.63) is 70.9 Å². The maximum atomic E-state index is 12.7. The van der Waals surface area contributed by atoms with Crippen LogP contribution in [0.15, 0.2) is 59.7 Å². The maximum Gasteiger partial charge on any atom is 0.351 e. The highest BCUT2D eigenvalue weighted by Gasteiger charge is 2.10. The second-order valence-electron chi connectivity index (χ2n) is 5.82. The zero-order valence-corrected chi connectivity index (χ0v) is 15.4. The highest BCUT2D eigenvalue weighted by Crippen LogP contribution is 2.17. The number of benzene rings is 1. The number of rotatable bonds is 7. The Bertz CT molecular complexity index is 1060. The lowest BCUT2D eigenvalue weighted by atomic mass is 10.1. The van der Waals surface area contributed by atoms with Gasteiger partial charge in [0.05, 0.1) is 31.0 Å². The van der Waals surface area contributed by atoms with Crippen molar-refractivity contribution in [2.45, 2.75) is 12.3 Å². The van der Waals surface area contributed by atoms with Gasteiger partial charge in [-0.25, -0.2) is 23.4 Å². The van der Waals surface area contributed by atoms with Crippen molar-refractivity contribution in [2.75, 3.05) is 6.54 Å². The van der Waals surface area contributed by atoms with Gasteiger partial charge in [0.2, 0.25) is 0 Å². The molecule has 3 rings (SSSR count). The van der Waals surface area contributed by atoms with Crippen molar-refractivity contribution in [1.82, 2.24) is 24.3 Å². The molecular weight excluding hydrogens is 387 g/mol. The number of aromatic nitrogens is 5. The van der Waals surface area contributed by atoms with Gasteiger partial charge in [-0.3, -0.25) is 9.19 Å². The SMILES string of the molecule is NC/C(=C\F)Cn1ncn(-c2cnc(-c3ccc(CS(=O)[O-])cc3)cn2)c1=O. The average Bonchev–Trinajstić information content (AvgIpc) is 3.06. The summed E-state index contributed by atoms with van der Waals surface area (Å²) in [5.74, 6) is 0.207. The topological polar surface area (TPSA) is 132 Å². The van der Waals surface area contributed by atoms with Crippen LogP contribution in [0.1, 0.15) is 5.56 Å². The molecule has 1 atom stereocenters. The molecule has 0 fully saturated rings. The molecule has 0 aliphatic rings. The summed E-state index contributed by atoms with van der Waals surface area (Å²) in [5, 5.41) is 3.93. The van der Waals surface area contributed by atoms with Crippen LogP contribution in [-0.2, 0) is 23.4 Å². The van der Waals surface area contributed by atoms with E-state index in [9.17, 15) is 17.9 Å². The number of hydrogen-bond acceptors (Lipinski definition) is 7. The normalized spacial score (nSPS) is 12.9. The second kappa shape index (κ2) is 8.78. The second-order valence-corrected chi connectivity index (χ2v) is 6.71. The highest BCUT2D eigenvalue weighted by atomic mass is 32.2. The summed E-state index contributed by atoms with van der Waals surface area (Å²) in [5.41, 5.74) is 7.11. The monoisotopic (exact) mass is 403 g/mol. The summed E-state index contributed by atoms with van der Waals surface area (Å²) < 4.78 is 36.4. The molecule has 28 heavy (non-hydrogen) atoms. The molecule has 0 amide bonds. The summed E-state index contributed by atoms with van der Waals surface area (Å²) in [6, 6.07) is 6.88. The summed E-state index contributed by atoms with van der Waals surface area (Å²) in [6.07, 6.45) is 4.54. The summed E-state index contributed by atoms with van der Waals surface area (Å²) in [6.45, 7) is -0.0708. The van der Waals surface area contributed by atoms with E-state index in [-0.39, 0.29) is 30.2 Å². The third kappa shape index (κ3) is 4.44. The summed E-state index contributed by atoms with van der Waals surface area (Å²) in [7, 11) is 0. The third-order valence-corrected chi connectivity index (χ3v) is 4.49. The molecule has 0 saturated heterocycles. The Hall–Kier alpha value is -3.02. The van der Waals surface area contributed by atoms with Crippen LogP contribution in [0.3, 0.4) is 0 Å². The molecule has 0 aliphatic heterocycles. The van der Waals surface area contributed by atoms with Crippen LogP contribution in [0.25, 0.3) is 17.1 Å². The van der Waals surface area contributed by atoms with E-state index in [0.717, 1.165) is 10.2 Å². The van der Waals surface area contributed by atoms with E-state index < -0.39 is 16.8 Å². The largest absolute Gasteiger partial charge is 0.772 e. The van der Waals surface area contributed by atoms with Crippen molar-refractivity contribution in [3.63, 3.8) is 0 Å². The van der Waals surface area contributed by atoms with Gasteiger partial charge in [-0.2, -0.15) is 5.10 Å². The first-order chi connectivity index (χ1) is 13.5. The Morgan fingerprint density at radius 1 is 1.25 bits per heavy atom. The number of nitrogens with two attached hydrogens (primary N) is 1. The number of halogens is 1. The van der Waals surface area contributed by atoms with E-state index in [0.29, 0.717) is 17.6 Å². The fourth-order valence-corrected chi connectivity index (χ4v) is 2.91. The molecule has 0 aliphatic carbocycles. The first-order valence-electron chi connectivity index (χ1n) is 8.12. The molecule has 0 spiro atoms. The van der Waals surface area contributed by atoms with E-state index in [1.807, 2.05) is 0 Å². The Morgan fingerprint density at radius 2 is 2.00 bits per heavy atom. The fraction of sp³-hybridized carbons (Fsp3) is 0.176. The van der Waals surface area contributed by atoms with Gasteiger partial charge in [0.25, 0.3) is 0 Å². The number of nitrogens with zero attached hydrogens (tertiary/aromatic N) is 5. The molecule has 3 aromatic rings. The van der Waals surface area contributed by atoms with Gasteiger partial charge in [0.1, 0.15) is 6.33 Å². The molecule has 0 bridgehead atoms. The highest BCUT2D eigenvalue weighted by molar-refractivity contribution is 7.78. The van der Waals surface area contributed by atoms with E-state index in [2.05, 4.69) is 15.1 Å². The van der Waals surface area contributed by atoms with Crippen molar-refractivity contribution in [1.29, 1.82) is 0 Å². The molecule has 11 heteroatoms. The maximum absolute atomic E-state index is 12.7. The standard InChI is InChI=1S/C17H17FN6O3S/c18-5-13(6-19)9-24-17(25)23(11-22-24)16-8-20-15(7-21-16)14-3-1-12(2-4-14)10-28(26)27/h1-5,7-8,11H,6,9-10,19H2,(H,26,27)/p-1/b13-5+. The van der Waals surface area contributed by atoms with Crippen molar-refractivity contribution in [2.24, 2.45) is 5.73 Å². The first kappa shape index (κ1) is 19.7. The zero-order valence-electron chi connectivity index (χ0n) is 14.6. The molecule has 9 nitrogen and oxygen atoms in total. The van der Waals surface area contributed by atoms with Crippen LogP contribution in [0.2, 0.25) is 0 Å². The lowest BCUT2D eigenvalue weighted by Gasteiger charge is -2.06. The van der Waals surface area contributed by atoms with Crippen molar-refractivity contribution in [3.8, 4) is 17.1 Å². The van der Waals surface area contributed by atoms with Crippen LogP contribution < -0.4 is 11.4 Å². The predicted molar refractivity (Wildman–Crippen MR) is 99.7 cm³/mol. The van der Waals surface area contributed by atoms with Crippen LogP contribution in [0.5, 0.6) is 0 Å². The number of hydrogen-bond donors (Lipinski definition) is 1. The molecule has 2 aromatic heterocycles. The van der Waals surface area contributed by atoms with Gasteiger partial charge >= 0.3 is 5.69 Å². The van der Waals surface area contributed by atoms with Gasteiger partial charge in [0, 0.05) is 17.9 Å². The Balaban J connectivity index is 1.80. The Morgan fingerprint density at radius 3 is 2.57 bits per heavy atom. The van der Waals surface area contributed by atoms with Gasteiger partial charge in [0.15, 0.2) is 5.82 Å². The minimum Gasteiger partial charge on any atom is -0.772 e. The third-order valence-electron chi connectivity index (χ3n) is 3.92. The van der Waals surface area contributed by atoms with Crippen molar-refractivity contribution >= 4 is 11.1 Å². The van der Waals surface area contributed by atoms with Gasteiger partial charge in [-0.15, -0.1) is 0 Å². The predicted octanol–water partition coefficient (Wildman–Crippen LogP) is 0.682. The average molecular weight is 403 g/mol. The van der Waals surface area contributed by atoms with E-state index >= 15 is 0 Å². The van der Waals surface area contributed by atoms with Crippen LogP contribution in [-0.4, -0.2) is 39.6 Å². The van der Waals surface area contributed by atoms with Crippen molar-refractivity contribution < 1.29 is 13.2 Å². The molecule has 0 radical (unpaired) electrons. The first-order valence-corrected chi connectivity index (χ1v) is 9.36. The zero-order chi connectivity index (χ0) is 20.1. The fourth-order valence-electron chi connectivity index (χ4n) is 2.44. The minimum atomic E-state index is -2.15. The van der Waals surface area contributed by atoms with Crippen LogP contribution in [0.4, 0.5) is 4.39 Å². The molecular formula is C17H16FN6O3S-. The molecule has 146 valence electrons. The minimum absolute atomic E-state index is 0.0200. The van der Waals surface area contributed by atoms with E-state index in [1.165, 1.54) is 23.3 Å². The van der Waals surface area contributed by atoms with Gasteiger partial charge < -0.3 is 10.3 Å². The van der Waals surface area contributed by atoms with Crippen LogP contribution >= 0.6 is 0 Å². The van der Waals surface area contributed by atoms with E-state index in [1.54, 1.807) is 24.3 Å². The lowest BCUT2D eigenvalue weighted by molar-refractivity contribution is 0.536. The van der Waals surface area contributed by atoms with Gasteiger partial charge in [-0.1, -0.05) is 35.3 Å². The quantitative estimate of drug-likeness (QED) is 0.574. The van der Waals surface area contributed by atoms with E-state index in [4.69, 9.17) is 5.73 Å². The smallest absolute Gasteiger partial charge is 0.351 e. The molecule has 1 unspecified atom stereocenters. The van der Waals surface area contributed by atoms with Crippen LogP contribution in [0, 0.1) is 0 Å². The Labute approximate surface area is 161 Å². The Kier molecular flexibility index (Phi) is 6.19. The molecule has 2 heterocycles. The molecule has 1 aromatic carbocycles.